The van der Waals surface area contributed by atoms with Crippen LogP contribution in [0.3, 0.4) is 0 Å². The van der Waals surface area contributed by atoms with E-state index >= 15 is 0 Å². The van der Waals surface area contributed by atoms with Gasteiger partial charge in [0.05, 0.1) is 6.21 Å². The summed E-state index contributed by atoms with van der Waals surface area (Å²) >= 11 is 0. The lowest BCUT2D eigenvalue weighted by Crippen LogP contribution is -2.24. The standard InChI is InChI=1S/C18H21N3O2/c1-3-13(2)15-6-10-17(11-7-15)23-16-8-4-14(5-9-16)12-20-21-18(19)22/h4-13H,3H2,1-2H3,(H3,19,21,22)/b20-12+. The summed E-state index contributed by atoms with van der Waals surface area (Å²) < 4.78 is 5.81. The van der Waals surface area contributed by atoms with Crippen LogP contribution in [-0.4, -0.2) is 12.2 Å². The molecular weight excluding hydrogens is 290 g/mol. The number of benzene rings is 2. The summed E-state index contributed by atoms with van der Waals surface area (Å²) in [4.78, 5) is 10.5. The van der Waals surface area contributed by atoms with E-state index in [0.29, 0.717) is 5.92 Å². The minimum atomic E-state index is -0.693. The smallest absolute Gasteiger partial charge is 0.332 e. The third-order valence-corrected chi connectivity index (χ3v) is 3.57. The van der Waals surface area contributed by atoms with Crippen molar-refractivity contribution in [3.05, 3.63) is 59.7 Å². The lowest BCUT2D eigenvalue weighted by atomic mass is 9.99. The minimum Gasteiger partial charge on any atom is -0.457 e. The molecule has 2 aromatic rings. The highest BCUT2D eigenvalue weighted by Gasteiger charge is 2.03. The van der Waals surface area contributed by atoms with Crippen molar-refractivity contribution < 1.29 is 9.53 Å². The van der Waals surface area contributed by atoms with E-state index in [1.165, 1.54) is 11.8 Å². The molecule has 23 heavy (non-hydrogen) atoms. The first kappa shape index (κ1) is 16.5. The predicted octanol–water partition coefficient (Wildman–Crippen LogP) is 3.99. The van der Waals surface area contributed by atoms with E-state index in [2.05, 4.69) is 36.5 Å². The van der Waals surface area contributed by atoms with E-state index in [9.17, 15) is 4.79 Å². The Morgan fingerprint density at radius 2 is 1.74 bits per heavy atom. The summed E-state index contributed by atoms with van der Waals surface area (Å²) in [5.74, 6) is 2.09. The van der Waals surface area contributed by atoms with Gasteiger partial charge in [-0.3, -0.25) is 0 Å². The SMILES string of the molecule is CCC(C)c1ccc(Oc2ccc(/C=N/NC(N)=O)cc2)cc1. The third-order valence-electron chi connectivity index (χ3n) is 3.57. The second-order valence-corrected chi connectivity index (χ2v) is 5.28. The fraction of sp³-hybridized carbons (Fsp3) is 0.222. The maximum Gasteiger partial charge on any atom is 0.332 e. The molecule has 0 aliphatic heterocycles. The summed E-state index contributed by atoms with van der Waals surface area (Å²) in [7, 11) is 0. The van der Waals surface area contributed by atoms with Crippen molar-refractivity contribution in [2.75, 3.05) is 0 Å². The predicted molar refractivity (Wildman–Crippen MR) is 92.0 cm³/mol. The number of amides is 2. The number of nitrogens with one attached hydrogen (secondary N) is 1. The third kappa shape index (κ3) is 5.14. The molecule has 0 aliphatic carbocycles. The van der Waals surface area contributed by atoms with Gasteiger partial charge in [0.2, 0.25) is 0 Å². The zero-order chi connectivity index (χ0) is 16.7. The number of ether oxygens (including phenoxy) is 1. The highest BCUT2D eigenvalue weighted by Crippen LogP contribution is 2.25. The number of hydrazone groups is 1. The van der Waals surface area contributed by atoms with Crippen LogP contribution in [0.1, 0.15) is 37.3 Å². The Hall–Kier alpha value is -2.82. The van der Waals surface area contributed by atoms with Crippen LogP contribution in [0.4, 0.5) is 4.79 Å². The van der Waals surface area contributed by atoms with Gasteiger partial charge in [-0.25, -0.2) is 10.2 Å². The molecule has 0 radical (unpaired) electrons. The largest absolute Gasteiger partial charge is 0.457 e. The van der Waals surface area contributed by atoms with Gasteiger partial charge in [-0.15, -0.1) is 0 Å². The molecule has 0 fully saturated rings. The summed E-state index contributed by atoms with van der Waals surface area (Å²) in [5, 5.41) is 3.70. The number of urea groups is 1. The summed E-state index contributed by atoms with van der Waals surface area (Å²) in [6.45, 7) is 4.39. The summed E-state index contributed by atoms with van der Waals surface area (Å²) in [5.41, 5.74) is 9.21. The van der Waals surface area contributed by atoms with Crippen LogP contribution in [0.25, 0.3) is 0 Å². The van der Waals surface area contributed by atoms with Crippen molar-refractivity contribution in [2.24, 2.45) is 10.8 Å². The number of hydrogen-bond donors (Lipinski definition) is 2. The van der Waals surface area contributed by atoms with Crippen molar-refractivity contribution in [3.8, 4) is 11.5 Å². The molecule has 0 heterocycles. The van der Waals surface area contributed by atoms with Gasteiger partial charge in [-0.05, 0) is 59.9 Å². The van der Waals surface area contributed by atoms with Gasteiger partial charge >= 0.3 is 6.03 Å². The monoisotopic (exact) mass is 311 g/mol. The zero-order valence-electron chi connectivity index (χ0n) is 13.3. The quantitative estimate of drug-likeness (QED) is 0.625. The van der Waals surface area contributed by atoms with Crippen LogP contribution < -0.4 is 15.9 Å². The van der Waals surface area contributed by atoms with Crippen LogP contribution in [0, 0.1) is 0 Å². The van der Waals surface area contributed by atoms with Gasteiger partial charge in [-0.2, -0.15) is 5.10 Å². The molecule has 0 saturated heterocycles. The number of carbonyl (C=O) groups is 1. The molecule has 2 rings (SSSR count). The van der Waals surface area contributed by atoms with Gasteiger partial charge < -0.3 is 10.5 Å². The molecule has 0 bridgehead atoms. The summed E-state index contributed by atoms with van der Waals surface area (Å²) in [6, 6.07) is 14.8. The average Bonchev–Trinajstić information content (AvgIpc) is 2.56. The fourth-order valence-corrected chi connectivity index (χ4v) is 2.03. The average molecular weight is 311 g/mol. The van der Waals surface area contributed by atoms with E-state index in [-0.39, 0.29) is 0 Å². The Labute approximate surface area is 136 Å². The molecule has 1 unspecified atom stereocenters. The maximum absolute atomic E-state index is 10.5. The Morgan fingerprint density at radius 3 is 2.26 bits per heavy atom. The van der Waals surface area contributed by atoms with Crippen molar-refractivity contribution in [3.63, 3.8) is 0 Å². The number of nitrogens with zero attached hydrogens (tertiary/aromatic N) is 1. The molecule has 0 spiro atoms. The van der Waals surface area contributed by atoms with Gasteiger partial charge in [0.25, 0.3) is 0 Å². The van der Waals surface area contributed by atoms with Crippen molar-refractivity contribution in [1.82, 2.24) is 5.43 Å². The lowest BCUT2D eigenvalue weighted by Gasteiger charge is -2.10. The zero-order valence-corrected chi connectivity index (χ0v) is 13.3. The van der Waals surface area contributed by atoms with Gasteiger partial charge in [0.1, 0.15) is 11.5 Å². The second kappa shape index (κ2) is 7.98. The topological polar surface area (TPSA) is 76.7 Å². The van der Waals surface area contributed by atoms with Crippen LogP contribution >= 0.6 is 0 Å². The van der Waals surface area contributed by atoms with Crippen molar-refractivity contribution >= 4 is 12.2 Å². The van der Waals surface area contributed by atoms with Crippen LogP contribution in [0.2, 0.25) is 0 Å². The number of carbonyl (C=O) groups excluding carboxylic acids is 1. The molecule has 2 aromatic carbocycles. The van der Waals surface area contributed by atoms with Crippen molar-refractivity contribution in [2.45, 2.75) is 26.2 Å². The first-order valence-electron chi connectivity index (χ1n) is 7.55. The molecule has 5 nitrogen and oxygen atoms in total. The number of nitrogens with two attached hydrogens (primary N) is 1. The fourth-order valence-electron chi connectivity index (χ4n) is 2.03. The molecule has 2 amide bonds. The Balaban J connectivity index is 1.98. The molecule has 1 atom stereocenters. The maximum atomic E-state index is 10.5. The number of rotatable bonds is 6. The number of hydrogen-bond acceptors (Lipinski definition) is 3. The van der Waals surface area contributed by atoms with Gasteiger partial charge in [0, 0.05) is 0 Å². The molecule has 5 heteroatoms. The van der Waals surface area contributed by atoms with Crippen LogP contribution in [0.5, 0.6) is 11.5 Å². The van der Waals surface area contributed by atoms with Crippen LogP contribution in [0.15, 0.2) is 53.6 Å². The van der Waals surface area contributed by atoms with E-state index in [4.69, 9.17) is 10.5 Å². The van der Waals surface area contributed by atoms with E-state index < -0.39 is 6.03 Å². The second-order valence-electron chi connectivity index (χ2n) is 5.28. The highest BCUT2D eigenvalue weighted by atomic mass is 16.5. The van der Waals surface area contributed by atoms with Crippen molar-refractivity contribution in [1.29, 1.82) is 0 Å². The molecule has 0 aliphatic rings. The van der Waals surface area contributed by atoms with E-state index in [0.717, 1.165) is 23.5 Å². The Kier molecular flexibility index (Phi) is 5.74. The van der Waals surface area contributed by atoms with Crippen LogP contribution in [-0.2, 0) is 0 Å². The first-order valence-corrected chi connectivity index (χ1v) is 7.55. The molecule has 3 N–H and O–H groups in total. The molecule has 120 valence electrons. The van der Waals surface area contributed by atoms with E-state index in [1.807, 2.05) is 36.4 Å². The normalized spacial score (nSPS) is 12.1. The highest BCUT2D eigenvalue weighted by molar-refractivity contribution is 5.81. The Morgan fingerprint density at radius 1 is 1.17 bits per heavy atom. The van der Waals surface area contributed by atoms with Gasteiger partial charge in [-0.1, -0.05) is 26.0 Å². The minimum absolute atomic E-state index is 0.552. The molecule has 0 saturated carbocycles. The number of primary amides is 1. The first-order chi connectivity index (χ1) is 11.1. The molecular formula is C18H21N3O2. The van der Waals surface area contributed by atoms with E-state index in [1.54, 1.807) is 0 Å². The Bertz CT molecular complexity index is 664. The van der Waals surface area contributed by atoms with Gasteiger partial charge in [0.15, 0.2) is 0 Å². The molecule has 0 aromatic heterocycles. The lowest BCUT2D eigenvalue weighted by molar-refractivity contribution is 0.249. The summed E-state index contributed by atoms with van der Waals surface area (Å²) in [6.07, 6.45) is 2.63.